The first-order valence-electron chi connectivity index (χ1n) is 6.63. The monoisotopic (exact) mass is 233 g/mol. The molecule has 2 heterocycles. The Morgan fingerprint density at radius 3 is 3.12 bits per heavy atom. The zero-order valence-electron chi connectivity index (χ0n) is 10.2. The van der Waals surface area contributed by atoms with Gasteiger partial charge in [0.05, 0.1) is 6.61 Å². The van der Waals surface area contributed by atoms with Crippen LogP contribution in [0.1, 0.15) is 41.7 Å². The van der Waals surface area contributed by atoms with Crippen LogP contribution in [0.5, 0.6) is 0 Å². The number of hydrogen-bond acceptors (Lipinski definition) is 2. The largest absolute Gasteiger partial charge is 0.381 e. The van der Waals surface area contributed by atoms with Crippen molar-refractivity contribution < 1.29 is 9.53 Å². The Hall–Kier alpha value is -1.09. The van der Waals surface area contributed by atoms with Gasteiger partial charge in [0.25, 0.3) is 0 Å². The van der Waals surface area contributed by atoms with Crippen LogP contribution in [0, 0.1) is 5.92 Å². The van der Waals surface area contributed by atoms with Gasteiger partial charge in [-0.3, -0.25) is 4.79 Å². The Balaban J connectivity index is 1.77. The number of rotatable bonds is 2. The van der Waals surface area contributed by atoms with Crippen LogP contribution < -0.4 is 0 Å². The average Bonchev–Trinajstić information content (AvgIpc) is 2.76. The smallest absolute Gasteiger partial charge is 0.164 e. The Labute approximate surface area is 102 Å². The number of nitrogens with zero attached hydrogens (tertiary/aromatic N) is 1. The summed E-state index contributed by atoms with van der Waals surface area (Å²) in [5, 5.41) is 0. The molecule has 0 spiro atoms. The van der Waals surface area contributed by atoms with Crippen molar-refractivity contribution in [1.29, 1.82) is 0 Å². The van der Waals surface area contributed by atoms with Crippen LogP contribution in [0.4, 0.5) is 0 Å². The van der Waals surface area contributed by atoms with E-state index in [1.54, 1.807) is 0 Å². The molecule has 1 saturated heterocycles. The molecule has 1 fully saturated rings. The van der Waals surface area contributed by atoms with Crippen LogP contribution in [0.15, 0.2) is 12.3 Å². The number of aromatic nitrogens is 1. The highest BCUT2D eigenvalue weighted by molar-refractivity contribution is 5.98. The van der Waals surface area contributed by atoms with Gasteiger partial charge in [0.2, 0.25) is 0 Å². The molecule has 1 unspecified atom stereocenters. The van der Waals surface area contributed by atoms with Crippen LogP contribution in [-0.2, 0) is 17.7 Å². The molecule has 92 valence electrons. The highest BCUT2D eigenvalue weighted by atomic mass is 16.5. The molecule has 1 aromatic rings. The number of fused-ring (bicyclic) bond motifs is 1. The fraction of sp³-hybridized carbons (Fsp3) is 0.643. The lowest BCUT2D eigenvalue weighted by Gasteiger charge is -2.24. The maximum Gasteiger partial charge on any atom is 0.164 e. The number of Topliss-reactive ketones (excluding diaryl/α,β-unsaturated/α-hetero) is 1. The van der Waals surface area contributed by atoms with E-state index in [0.717, 1.165) is 44.6 Å². The summed E-state index contributed by atoms with van der Waals surface area (Å²) < 4.78 is 7.80. The van der Waals surface area contributed by atoms with E-state index in [9.17, 15) is 4.79 Å². The summed E-state index contributed by atoms with van der Waals surface area (Å²) in [6.07, 6.45) is 7.30. The molecule has 0 bridgehead atoms. The predicted molar refractivity (Wildman–Crippen MR) is 65.2 cm³/mol. The van der Waals surface area contributed by atoms with Crippen LogP contribution in [0.25, 0.3) is 0 Å². The van der Waals surface area contributed by atoms with Crippen LogP contribution >= 0.6 is 0 Å². The van der Waals surface area contributed by atoms with Gasteiger partial charge in [-0.2, -0.15) is 0 Å². The van der Waals surface area contributed by atoms with Gasteiger partial charge in [-0.05, 0) is 31.7 Å². The van der Waals surface area contributed by atoms with Crippen LogP contribution in [0.2, 0.25) is 0 Å². The molecule has 3 nitrogen and oxygen atoms in total. The molecule has 0 aromatic carbocycles. The highest BCUT2D eigenvalue weighted by Crippen LogP contribution is 2.24. The molecule has 0 radical (unpaired) electrons. The second-order valence-corrected chi connectivity index (χ2v) is 5.19. The molecule has 0 amide bonds. The molecule has 0 N–H and O–H groups in total. The molecule has 1 aromatic heterocycles. The highest BCUT2D eigenvalue weighted by Gasteiger charge is 2.22. The van der Waals surface area contributed by atoms with Crippen molar-refractivity contribution in [2.75, 3.05) is 13.2 Å². The van der Waals surface area contributed by atoms with E-state index in [1.807, 2.05) is 6.07 Å². The van der Waals surface area contributed by atoms with Crippen molar-refractivity contribution in [2.45, 2.75) is 38.6 Å². The fourth-order valence-corrected chi connectivity index (χ4v) is 2.99. The minimum atomic E-state index is 0.324. The minimum absolute atomic E-state index is 0.324. The zero-order chi connectivity index (χ0) is 11.7. The SMILES string of the molecule is O=C1CCCc2c1ccn2CC1CCCOC1. The third kappa shape index (κ3) is 2.16. The average molecular weight is 233 g/mol. The van der Waals surface area contributed by atoms with Gasteiger partial charge < -0.3 is 9.30 Å². The maximum absolute atomic E-state index is 11.8. The molecule has 1 atom stereocenters. The molecule has 0 saturated carbocycles. The summed E-state index contributed by atoms with van der Waals surface area (Å²) in [6, 6.07) is 2.00. The van der Waals surface area contributed by atoms with Gasteiger partial charge in [0, 0.05) is 42.9 Å². The predicted octanol–water partition coefficient (Wildman–Crippen LogP) is 2.43. The Morgan fingerprint density at radius 2 is 2.29 bits per heavy atom. The van der Waals surface area contributed by atoms with E-state index in [-0.39, 0.29) is 0 Å². The van der Waals surface area contributed by atoms with Gasteiger partial charge in [-0.15, -0.1) is 0 Å². The van der Waals surface area contributed by atoms with E-state index in [2.05, 4.69) is 10.8 Å². The Morgan fingerprint density at radius 1 is 1.35 bits per heavy atom. The van der Waals surface area contributed by atoms with Gasteiger partial charge in [0.1, 0.15) is 0 Å². The molecule has 2 aliphatic rings. The number of carbonyl (C=O) groups excluding carboxylic acids is 1. The summed E-state index contributed by atoms with van der Waals surface area (Å²) in [6.45, 7) is 2.81. The Kier molecular flexibility index (Phi) is 3.02. The number of hydrogen-bond donors (Lipinski definition) is 0. The molecule has 1 aliphatic carbocycles. The first-order chi connectivity index (χ1) is 8.34. The summed E-state index contributed by atoms with van der Waals surface area (Å²) in [5.41, 5.74) is 2.22. The lowest BCUT2D eigenvalue weighted by molar-refractivity contribution is 0.0481. The lowest BCUT2D eigenvalue weighted by atomic mass is 9.96. The quantitative estimate of drug-likeness (QED) is 0.785. The standard InChI is InChI=1S/C14H19NO2/c16-14-5-1-4-13-12(14)6-7-15(13)9-11-3-2-8-17-10-11/h6-7,11H,1-5,8-10H2. The van der Waals surface area contributed by atoms with E-state index in [4.69, 9.17) is 4.74 Å². The minimum Gasteiger partial charge on any atom is -0.381 e. The van der Waals surface area contributed by atoms with Crippen LogP contribution in [-0.4, -0.2) is 23.6 Å². The normalized spacial score (nSPS) is 24.7. The number of ether oxygens (including phenoxy) is 1. The van der Waals surface area contributed by atoms with E-state index in [1.165, 1.54) is 18.5 Å². The van der Waals surface area contributed by atoms with Crippen molar-refractivity contribution in [2.24, 2.45) is 5.92 Å². The summed E-state index contributed by atoms with van der Waals surface area (Å²) in [4.78, 5) is 11.8. The van der Waals surface area contributed by atoms with Gasteiger partial charge in [-0.1, -0.05) is 0 Å². The fourth-order valence-electron chi connectivity index (χ4n) is 2.99. The molecule has 3 heteroatoms. The topological polar surface area (TPSA) is 31.2 Å². The zero-order valence-corrected chi connectivity index (χ0v) is 10.2. The summed E-state index contributed by atoms with van der Waals surface area (Å²) >= 11 is 0. The second kappa shape index (κ2) is 4.65. The first kappa shape index (κ1) is 11.0. The number of ketones is 1. The van der Waals surface area contributed by atoms with Crippen molar-refractivity contribution in [3.63, 3.8) is 0 Å². The number of carbonyl (C=O) groups is 1. The van der Waals surface area contributed by atoms with Gasteiger partial charge in [0.15, 0.2) is 5.78 Å². The van der Waals surface area contributed by atoms with Gasteiger partial charge in [-0.25, -0.2) is 0 Å². The summed E-state index contributed by atoms with van der Waals surface area (Å²) in [5.74, 6) is 0.946. The van der Waals surface area contributed by atoms with Crippen molar-refractivity contribution in [3.05, 3.63) is 23.5 Å². The lowest BCUT2D eigenvalue weighted by Crippen LogP contribution is -2.23. The first-order valence-corrected chi connectivity index (χ1v) is 6.63. The third-order valence-electron chi connectivity index (χ3n) is 3.91. The second-order valence-electron chi connectivity index (χ2n) is 5.19. The van der Waals surface area contributed by atoms with Gasteiger partial charge >= 0.3 is 0 Å². The molecule has 17 heavy (non-hydrogen) atoms. The third-order valence-corrected chi connectivity index (χ3v) is 3.91. The van der Waals surface area contributed by atoms with E-state index < -0.39 is 0 Å². The molecular weight excluding hydrogens is 214 g/mol. The maximum atomic E-state index is 11.8. The summed E-state index contributed by atoms with van der Waals surface area (Å²) in [7, 11) is 0. The van der Waals surface area contributed by atoms with E-state index in [0.29, 0.717) is 11.7 Å². The molecule has 1 aliphatic heterocycles. The van der Waals surface area contributed by atoms with Crippen molar-refractivity contribution >= 4 is 5.78 Å². The molecular formula is C14H19NO2. The Bertz CT molecular complexity index is 416. The van der Waals surface area contributed by atoms with Crippen molar-refractivity contribution in [3.8, 4) is 0 Å². The van der Waals surface area contributed by atoms with Crippen LogP contribution in [0.3, 0.4) is 0 Å². The van der Waals surface area contributed by atoms with E-state index >= 15 is 0 Å². The van der Waals surface area contributed by atoms with Crippen molar-refractivity contribution in [1.82, 2.24) is 4.57 Å². The molecule has 3 rings (SSSR count).